The van der Waals surface area contributed by atoms with E-state index in [0.717, 1.165) is 17.7 Å². The normalized spacial score (nSPS) is 11.6. The molecule has 120 valence electrons. The fourth-order valence-corrected chi connectivity index (χ4v) is 2.02. The van der Waals surface area contributed by atoms with Crippen molar-refractivity contribution in [2.75, 3.05) is 13.2 Å². The number of amides is 1. The van der Waals surface area contributed by atoms with Gasteiger partial charge in [0.15, 0.2) is 6.61 Å². The smallest absolute Gasteiger partial charge is 0.338 e. The number of benzene rings is 2. The molecular weight excluding hydrogens is 297 g/mol. The Balaban J connectivity index is 1.75. The fourth-order valence-electron chi connectivity index (χ4n) is 2.02. The highest BCUT2D eigenvalue weighted by Crippen LogP contribution is 2.12. The highest BCUT2D eigenvalue weighted by atomic mass is 19.1. The number of nitrogens with one attached hydrogen (secondary N) is 1. The maximum atomic E-state index is 12.8. The van der Waals surface area contributed by atoms with Crippen LogP contribution in [0.4, 0.5) is 4.39 Å². The molecule has 0 aliphatic rings. The monoisotopic (exact) mass is 315 g/mol. The van der Waals surface area contributed by atoms with E-state index in [0.29, 0.717) is 6.54 Å². The average molecular weight is 315 g/mol. The number of carbonyl (C=O) groups is 2. The van der Waals surface area contributed by atoms with Crippen molar-refractivity contribution in [1.29, 1.82) is 0 Å². The van der Waals surface area contributed by atoms with E-state index in [-0.39, 0.29) is 24.0 Å². The second kappa shape index (κ2) is 8.08. The van der Waals surface area contributed by atoms with E-state index in [1.54, 1.807) is 0 Å². The first-order valence-corrected chi connectivity index (χ1v) is 7.30. The molecular formula is C18H18FNO3. The Bertz CT molecular complexity index is 656. The number of carbonyl (C=O) groups excluding carboxylic acids is 2. The minimum atomic E-state index is -0.656. The van der Waals surface area contributed by atoms with Gasteiger partial charge in [0.1, 0.15) is 5.82 Å². The van der Waals surface area contributed by atoms with Crippen LogP contribution in [0.1, 0.15) is 28.8 Å². The maximum absolute atomic E-state index is 12.8. The van der Waals surface area contributed by atoms with Crippen LogP contribution in [-0.4, -0.2) is 25.0 Å². The molecule has 2 aromatic rings. The molecule has 4 nitrogen and oxygen atoms in total. The van der Waals surface area contributed by atoms with Crippen molar-refractivity contribution < 1.29 is 18.7 Å². The molecule has 5 heteroatoms. The third kappa shape index (κ3) is 5.21. The van der Waals surface area contributed by atoms with Gasteiger partial charge in [-0.2, -0.15) is 0 Å². The van der Waals surface area contributed by atoms with Crippen LogP contribution in [-0.2, 0) is 9.53 Å². The van der Waals surface area contributed by atoms with Crippen molar-refractivity contribution in [3.63, 3.8) is 0 Å². The molecule has 0 saturated carbocycles. The molecule has 0 bridgehead atoms. The molecule has 1 atom stereocenters. The van der Waals surface area contributed by atoms with E-state index in [1.807, 2.05) is 37.3 Å². The van der Waals surface area contributed by atoms with Gasteiger partial charge in [-0.3, -0.25) is 4.79 Å². The molecule has 0 unspecified atom stereocenters. The maximum Gasteiger partial charge on any atom is 0.338 e. The van der Waals surface area contributed by atoms with Gasteiger partial charge in [0.25, 0.3) is 5.91 Å². The predicted molar refractivity (Wildman–Crippen MR) is 84.5 cm³/mol. The van der Waals surface area contributed by atoms with Crippen molar-refractivity contribution in [2.45, 2.75) is 12.8 Å². The first-order chi connectivity index (χ1) is 11.1. The number of esters is 1. The molecule has 0 aliphatic heterocycles. The summed E-state index contributed by atoms with van der Waals surface area (Å²) in [6.07, 6.45) is 0. The number of hydrogen-bond acceptors (Lipinski definition) is 3. The van der Waals surface area contributed by atoms with Crippen LogP contribution < -0.4 is 5.32 Å². The zero-order chi connectivity index (χ0) is 16.7. The van der Waals surface area contributed by atoms with Crippen molar-refractivity contribution in [3.8, 4) is 0 Å². The molecule has 0 aliphatic carbocycles. The Morgan fingerprint density at radius 3 is 2.39 bits per heavy atom. The molecule has 2 rings (SSSR count). The van der Waals surface area contributed by atoms with Gasteiger partial charge in [0.2, 0.25) is 0 Å². The van der Waals surface area contributed by atoms with Crippen molar-refractivity contribution >= 4 is 11.9 Å². The van der Waals surface area contributed by atoms with Crippen LogP contribution in [0.2, 0.25) is 0 Å². The standard InChI is InChI=1S/C18H18FNO3/c1-13(14-5-3-2-4-6-14)11-20-17(21)12-23-18(22)15-7-9-16(19)10-8-15/h2-10,13H,11-12H2,1H3,(H,20,21)/t13-/m1/s1. The van der Waals surface area contributed by atoms with Gasteiger partial charge < -0.3 is 10.1 Å². The van der Waals surface area contributed by atoms with Gasteiger partial charge in [-0.1, -0.05) is 37.3 Å². The summed E-state index contributed by atoms with van der Waals surface area (Å²) < 4.78 is 17.7. The van der Waals surface area contributed by atoms with E-state index in [9.17, 15) is 14.0 Å². The molecule has 0 fully saturated rings. The van der Waals surface area contributed by atoms with E-state index in [1.165, 1.54) is 12.1 Å². The van der Waals surface area contributed by atoms with Gasteiger partial charge in [-0.25, -0.2) is 9.18 Å². The lowest BCUT2D eigenvalue weighted by Crippen LogP contribution is -2.31. The SMILES string of the molecule is C[C@H](CNC(=O)COC(=O)c1ccc(F)cc1)c1ccccc1. The molecule has 0 heterocycles. The summed E-state index contributed by atoms with van der Waals surface area (Å²) in [4.78, 5) is 23.4. The van der Waals surface area contributed by atoms with Crippen LogP contribution in [0, 0.1) is 5.82 Å². The molecule has 0 saturated heterocycles. The van der Waals surface area contributed by atoms with Crippen LogP contribution in [0.15, 0.2) is 54.6 Å². The largest absolute Gasteiger partial charge is 0.452 e. The van der Waals surface area contributed by atoms with E-state index in [4.69, 9.17) is 4.74 Å². The summed E-state index contributed by atoms with van der Waals surface area (Å²) in [6.45, 7) is 2.09. The molecule has 1 amide bonds. The van der Waals surface area contributed by atoms with Gasteiger partial charge >= 0.3 is 5.97 Å². The lowest BCUT2D eigenvalue weighted by Gasteiger charge is -2.13. The minimum Gasteiger partial charge on any atom is -0.452 e. The Labute approximate surface area is 134 Å². The Hall–Kier alpha value is -2.69. The van der Waals surface area contributed by atoms with E-state index in [2.05, 4.69) is 5.32 Å². The van der Waals surface area contributed by atoms with Crippen LogP contribution in [0.25, 0.3) is 0 Å². The van der Waals surface area contributed by atoms with E-state index >= 15 is 0 Å². The van der Waals surface area contributed by atoms with Gasteiger partial charge in [-0.05, 0) is 35.7 Å². The molecule has 0 radical (unpaired) electrons. The summed E-state index contributed by atoms with van der Waals surface area (Å²) in [5.74, 6) is -1.30. The second-order valence-corrected chi connectivity index (χ2v) is 5.20. The predicted octanol–water partition coefficient (Wildman–Crippen LogP) is 2.90. The van der Waals surface area contributed by atoms with E-state index < -0.39 is 11.8 Å². The van der Waals surface area contributed by atoms with Crippen molar-refractivity contribution in [2.24, 2.45) is 0 Å². The Kier molecular flexibility index (Phi) is 5.86. The van der Waals surface area contributed by atoms with Crippen LogP contribution in [0.3, 0.4) is 0 Å². The van der Waals surface area contributed by atoms with Gasteiger partial charge in [-0.15, -0.1) is 0 Å². The number of rotatable bonds is 6. The zero-order valence-corrected chi connectivity index (χ0v) is 12.8. The van der Waals surface area contributed by atoms with Crippen LogP contribution >= 0.6 is 0 Å². The summed E-state index contributed by atoms with van der Waals surface area (Å²) in [5.41, 5.74) is 1.33. The third-order valence-electron chi connectivity index (χ3n) is 3.39. The minimum absolute atomic E-state index is 0.160. The average Bonchev–Trinajstić information content (AvgIpc) is 2.59. The summed E-state index contributed by atoms with van der Waals surface area (Å²) >= 11 is 0. The van der Waals surface area contributed by atoms with Crippen molar-refractivity contribution in [1.82, 2.24) is 5.32 Å². The molecule has 2 aromatic carbocycles. The lowest BCUT2D eigenvalue weighted by atomic mass is 10.0. The molecule has 1 N–H and O–H groups in total. The van der Waals surface area contributed by atoms with Gasteiger partial charge in [0.05, 0.1) is 5.56 Å². The Morgan fingerprint density at radius 1 is 1.09 bits per heavy atom. The first-order valence-electron chi connectivity index (χ1n) is 7.30. The first kappa shape index (κ1) is 16.7. The lowest BCUT2D eigenvalue weighted by molar-refractivity contribution is -0.124. The quantitative estimate of drug-likeness (QED) is 0.834. The van der Waals surface area contributed by atoms with Crippen LogP contribution in [0.5, 0.6) is 0 Å². The van der Waals surface area contributed by atoms with Gasteiger partial charge in [0, 0.05) is 6.54 Å². The Morgan fingerprint density at radius 2 is 1.74 bits per heavy atom. The summed E-state index contributed by atoms with van der Waals surface area (Å²) in [6, 6.07) is 14.8. The summed E-state index contributed by atoms with van der Waals surface area (Å²) in [5, 5.41) is 2.72. The third-order valence-corrected chi connectivity index (χ3v) is 3.39. The number of hydrogen-bond donors (Lipinski definition) is 1. The number of ether oxygens (including phenoxy) is 1. The highest BCUT2D eigenvalue weighted by molar-refractivity contribution is 5.91. The summed E-state index contributed by atoms with van der Waals surface area (Å²) in [7, 11) is 0. The highest BCUT2D eigenvalue weighted by Gasteiger charge is 2.11. The topological polar surface area (TPSA) is 55.4 Å². The second-order valence-electron chi connectivity index (χ2n) is 5.20. The molecule has 23 heavy (non-hydrogen) atoms. The molecule has 0 spiro atoms. The van der Waals surface area contributed by atoms with Crippen molar-refractivity contribution in [3.05, 3.63) is 71.5 Å². The zero-order valence-electron chi connectivity index (χ0n) is 12.8. The fraction of sp³-hybridized carbons (Fsp3) is 0.222. The molecule has 0 aromatic heterocycles. The number of halogens is 1.